The van der Waals surface area contributed by atoms with Crippen LogP contribution in [0.1, 0.15) is 63.5 Å². The van der Waals surface area contributed by atoms with Crippen molar-refractivity contribution in [2.45, 2.75) is 77.9 Å². The van der Waals surface area contributed by atoms with Crippen molar-refractivity contribution in [3.63, 3.8) is 0 Å². The molecule has 3 heterocycles. The standard InChI is InChI=1S/C26H38N4O2/c1-3-14-30-19-22(17-27-30)18-29-15-12-26(13-16-29)11-7-6-9-23-8-4-5-10-24(23)32-20-21(2)28-25(26)31/h4-5,8,10,17,19,21H,3,6-7,9,11-16,18,20H2,1-2H3,(H,28,31)/t21-/m1/s1. The average molecular weight is 439 g/mol. The summed E-state index contributed by atoms with van der Waals surface area (Å²) in [6, 6.07) is 8.31. The van der Waals surface area contributed by atoms with Crippen LogP contribution >= 0.6 is 0 Å². The van der Waals surface area contributed by atoms with Crippen LogP contribution in [-0.2, 0) is 24.3 Å². The predicted molar refractivity (Wildman–Crippen MR) is 127 cm³/mol. The highest BCUT2D eigenvalue weighted by Crippen LogP contribution is 2.38. The second-order valence-corrected chi connectivity index (χ2v) is 9.67. The van der Waals surface area contributed by atoms with Crippen molar-refractivity contribution in [2.24, 2.45) is 5.41 Å². The number of likely N-dealkylation sites (tertiary alicyclic amines) is 1. The summed E-state index contributed by atoms with van der Waals surface area (Å²) in [7, 11) is 0. The number of para-hydroxylation sites is 1. The number of aromatic nitrogens is 2. The molecule has 0 unspecified atom stereocenters. The molecule has 2 aromatic rings. The molecule has 1 spiro atoms. The molecule has 32 heavy (non-hydrogen) atoms. The molecule has 1 aromatic carbocycles. The first kappa shape index (κ1) is 22.8. The largest absolute Gasteiger partial charge is 0.491 e. The van der Waals surface area contributed by atoms with E-state index in [0.29, 0.717) is 6.61 Å². The molecule has 1 saturated heterocycles. The minimum Gasteiger partial charge on any atom is -0.491 e. The van der Waals surface area contributed by atoms with Gasteiger partial charge in [-0.15, -0.1) is 0 Å². The van der Waals surface area contributed by atoms with Gasteiger partial charge in [0.1, 0.15) is 12.4 Å². The van der Waals surface area contributed by atoms with Gasteiger partial charge in [0.25, 0.3) is 0 Å². The molecule has 0 radical (unpaired) electrons. The number of piperidine rings is 1. The number of carbonyl (C=O) groups is 1. The molecular weight excluding hydrogens is 400 g/mol. The number of amides is 1. The summed E-state index contributed by atoms with van der Waals surface area (Å²) in [5, 5.41) is 7.74. The van der Waals surface area contributed by atoms with E-state index in [1.807, 2.05) is 29.9 Å². The summed E-state index contributed by atoms with van der Waals surface area (Å²) < 4.78 is 8.10. The van der Waals surface area contributed by atoms with Crippen molar-refractivity contribution in [1.82, 2.24) is 20.0 Å². The fourth-order valence-corrected chi connectivity index (χ4v) is 5.09. The Kier molecular flexibility index (Phi) is 7.51. The topological polar surface area (TPSA) is 59.4 Å². The highest BCUT2D eigenvalue weighted by atomic mass is 16.5. The zero-order chi connectivity index (χ0) is 22.4. The number of carbonyl (C=O) groups excluding carboxylic acids is 1. The van der Waals surface area contributed by atoms with E-state index >= 15 is 0 Å². The molecule has 0 aliphatic carbocycles. The first-order valence-electron chi connectivity index (χ1n) is 12.3. The molecule has 1 N–H and O–H groups in total. The Bertz CT molecular complexity index is 885. The lowest BCUT2D eigenvalue weighted by Gasteiger charge is -2.41. The second-order valence-electron chi connectivity index (χ2n) is 9.67. The number of rotatable bonds is 4. The molecule has 1 amide bonds. The number of ether oxygens (including phenoxy) is 1. The molecular formula is C26H38N4O2. The minimum absolute atomic E-state index is 0.00529. The van der Waals surface area contributed by atoms with Gasteiger partial charge < -0.3 is 10.1 Å². The van der Waals surface area contributed by atoms with E-state index in [2.05, 4.69) is 40.6 Å². The summed E-state index contributed by atoms with van der Waals surface area (Å²) in [5.74, 6) is 1.18. The fraction of sp³-hybridized carbons (Fsp3) is 0.615. The third kappa shape index (κ3) is 5.52. The zero-order valence-corrected chi connectivity index (χ0v) is 19.7. The number of nitrogens with zero attached hydrogens (tertiary/aromatic N) is 3. The van der Waals surface area contributed by atoms with E-state index in [0.717, 1.165) is 76.9 Å². The van der Waals surface area contributed by atoms with Gasteiger partial charge in [0.15, 0.2) is 0 Å². The summed E-state index contributed by atoms with van der Waals surface area (Å²) in [5.41, 5.74) is 2.29. The molecule has 0 bridgehead atoms. The molecule has 6 nitrogen and oxygen atoms in total. The van der Waals surface area contributed by atoms with Crippen molar-refractivity contribution in [2.75, 3.05) is 19.7 Å². The van der Waals surface area contributed by atoms with Gasteiger partial charge in [-0.3, -0.25) is 14.4 Å². The van der Waals surface area contributed by atoms with Crippen LogP contribution in [0.25, 0.3) is 0 Å². The van der Waals surface area contributed by atoms with Gasteiger partial charge in [0.05, 0.1) is 17.7 Å². The van der Waals surface area contributed by atoms with Crippen molar-refractivity contribution < 1.29 is 9.53 Å². The maximum Gasteiger partial charge on any atom is 0.226 e. The van der Waals surface area contributed by atoms with E-state index in [1.165, 1.54) is 11.1 Å². The number of nitrogens with one attached hydrogen (secondary N) is 1. The second kappa shape index (κ2) is 10.5. The van der Waals surface area contributed by atoms with Crippen molar-refractivity contribution >= 4 is 5.91 Å². The highest BCUT2D eigenvalue weighted by molar-refractivity contribution is 5.83. The van der Waals surface area contributed by atoms with Crippen LogP contribution in [0.4, 0.5) is 0 Å². The van der Waals surface area contributed by atoms with Crippen LogP contribution < -0.4 is 10.1 Å². The monoisotopic (exact) mass is 438 g/mol. The van der Waals surface area contributed by atoms with E-state index in [4.69, 9.17) is 4.74 Å². The number of hydrogen-bond acceptors (Lipinski definition) is 4. The third-order valence-corrected chi connectivity index (χ3v) is 7.03. The molecule has 4 rings (SSSR count). The van der Waals surface area contributed by atoms with Crippen molar-refractivity contribution in [1.29, 1.82) is 0 Å². The summed E-state index contributed by atoms with van der Waals surface area (Å²) in [6.07, 6.45) is 11.2. The lowest BCUT2D eigenvalue weighted by Crippen LogP contribution is -2.51. The molecule has 0 saturated carbocycles. The molecule has 6 heteroatoms. The summed E-state index contributed by atoms with van der Waals surface area (Å²) in [4.78, 5) is 15.9. The molecule has 1 aromatic heterocycles. The van der Waals surface area contributed by atoms with Gasteiger partial charge in [0.2, 0.25) is 5.91 Å². The first-order valence-corrected chi connectivity index (χ1v) is 12.3. The van der Waals surface area contributed by atoms with E-state index in [1.54, 1.807) is 0 Å². The van der Waals surface area contributed by atoms with Gasteiger partial charge in [-0.05, 0) is 70.2 Å². The Balaban J connectivity index is 1.39. The van der Waals surface area contributed by atoms with Crippen LogP contribution in [-0.4, -0.2) is 46.3 Å². The van der Waals surface area contributed by atoms with Crippen LogP contribution in [0.5, 0.6) is 5.75 Å². The van der Waals surface area contributed by atoms with E-state index < -0.39 is 0 Å². The Labute approximate surface area is 192 Å². The SMILES string of the molecule is CCCn1cc(CN2CCC3(CCCCc4ccccc4OC[C@@H](C)NC3=O)CC2)cn1. The smallest absolute Gasteiger partial charge is 0.226 e. The maximum atomic E-state index is 13.4. The van der Waals surface area contributed by atoms with Crippen LogP contribution in [0.3, 0.4) is 0 Å². The van der Waals surface area contributed by atoms with Gasteiger partial charge >= 0.3 is 0 Å². The molecule has 2 aliphatic heterocycles. The lowest BCUT2D eigenvalue weighted by molar-refractivity contribution is -0.135. The van der Waals surface area contributed by atoms with Crippen LogP contribution in [0.15, 0.2) is 36.7 Å². The zero-order valence-electron chi connectivity index (χ0n) is 19.7. The lowest BCUT2D eigenvalue weighted by atomic mass is 9.73. The highest BCUT2D eigenvalue weighted by Gasteiger charge is 2.41. The predicted octanol–water partition coefficient (Wildman–Crippen LogP) is 4.19. The Morgan fingerprint density at radius 1 is 1.19 bits per heavy atom. The molecule has 174 valence electrons. The quantitative estimate of drug-likeness (QED) is 0.778. The van der Waals surface area contributed by atoms with E-state index in [9.17, 15) is 4.79 Å². The van der Waals surface area contributed by atoms with Gasteiger partial charge in [0, 0.05) is 24.8 Å². The Morgan fingerprint density at radius 2 is 2.00 bits per heavy atom. The number of hydrogen-bond donors (Lipinski definition) is 1. The third-order valence-electron chi connectivity index (χ3n) is 7.03. The minimum atomic E-state index is -0.254. The van der Waals surface area contributed by atoms with Crippen molar-refractivity contribution in [3.05, 3.63) is 47.8 Å². The van der Waals surface area contributed by atoms with Gasteiger partial charge in [-0.25, -0.2) is 0 Å². The van der Waals surface area contributed by atoms with E-state index in [-0.39, 0.29) is 17.4 Å². The van der Waals surface area contributed by atoms with Crippen molar-refractivity contribution in [3.8, 4) is 5.75 Å². The first-order chi connectivity index (χ1) is 15.6. The van der Waals surface area contributed by atoms with Crippen LogP contribution in [0.2, 0.25) is 0 Å². The van der Waals surface area contributed by atoms with Crippen LogP contribution in [0, 0.1) is 5.41 Å². The molecule has 2 aliphatic rings. The summed E-state index contributed by atoms with van der Waals surface area (Å²) >= 11 is 0. The fourth-order valence-electron chi connectivity index (χ4n) is 5.09. The van der Waals surface area contributed by atoms with Gasteiger partial charge in [-0.1, -0.05) is 31.5 Å². The van der Waals surface area contributed by atoms with Gasteiger partial charge in [-0.2, -0.15) is 5.10 Å². The summed E-state index contributed by atoms with van der Waals surface area (Å²) in [6.45, 7) is 8.53. The number of aryl methyl sites for hydroxylation is 2. The molecule has 1 atom stereocenters. The normalized spacial score (nSPS) is 22.3. The number of benzene rings is 1. The number of fused-ring (bicyclic) bond motifs is 1. The molecule has 1 fully saturated rings. The maximum absolute atomic E-state index is 13.4. The average Bonchev–Trinajstić information content (AvgIpc) is 3.23. The Hall–Kier alpha value is -2.34. The Morgan fingerprint density at radius 3 is 2.81 bits per heavy atom.